The molecule has 1 aromatic rings. The Morgan fingerprint density at radius 2 is 1.54 bits per heavy atom. The normalized spacial score (nSPS) is 29.5. The Bertz CT molecular complexity index is 590. The summed E-state index contributed by atoms with van der Waals surface area (Å²) in [6.07, 6.45) is 18.6. The molecule has 0 saturated heterocycles. The Kier molecular flexibility index (Phi) is 7.36. The molecule has 1 aromatic carbocycles. The Balaban J connectivity index is 1.40. The number of nitrogens with zero attached hydrogens (tertiary/aromatic N) is 1. The molecule has 3 rings (SSSR count). The Hall–Kier alpha value is -1.55. The molecule has 0 radical (unpaired) electrons. The zero-order valence-corrected chi connectivity index (χ0v) is 16.5. The van der Waals surface area contributed by atoms with Gasteiger partial charge in [0.2, 0.25) is 0 Å². The fourth-order valence-corrected chi connectivity index (χ4v) is 5.37. The molecule has 0 N–H and O–H groups in total. The number of rotatable bonds is 6. The van der Waals surface area contributed by atoms with Gasteiger partial charge in [0.15, 0.2) is 0 Å². The van der Waals surface area contributed by atoms with Crippen molar-refractivity contribution in [2.45, 2.75) is 83.5 Å². The van der Waals surface area contributed by atoms with Gasteiger partial charge in [-0.1, -0.05) is 50.1 Å². The molecular weight excluding hydrogens is 314 g/mol. The smallest absolute Gasteiger partial charge is 0.0908 e. The van der Waals surface area contributed by atoms with Crippen LogP contribution in [0, 0.1) is 29.1 Å². The highest BCUT2D eigenvalue weighted by Crippen LogP contribution is 2.44. The van der Waals surface area contributed by atoms with E-state index in [9.17, 15) is 0 Å². The summed E-state index contributed by atoms with van der Waals surface area (Å²) in [7, 11) is 0. The van der Waals surface area contributed by atoms with Crippen LogP contribution >= 0.6 is 0 Å². The van der Waals surface area contributed by atoms with E-state index in [-0.39, 0.29) is 0 Å². The summed E-state index contributed by atoms with van der Waals surface area (Å²) < 4.78 is 0. The monoisotopic (exact) mass is 349 g/mol. The van der Waals surface area contributed by atoms with Gasteiger partial charge in [0, 0.05) is 6.08 Å². The molecule has 1 nitrogen and oxygen atoms in total. The van der Waals surface area contributed by atoms with E-state index in [2.05, 4.69) is 37.3 Å². The molecule has 0 spiro atoms. The van der Waals surface area contributed by atoms with Crippen molar-refractivity contribution in [2.75, 3.05) is 0 Å². The number of aryl methyl sites for hydroxylation is 1. The van der Waals surface area contributed by atoms with Gasteiger partial charge in [-0.15, -0.1) is 0 Å². The number of benzene rings is 1. The van der Waals surface area contributed by atoms with Crippen molar-refractivity contribution >= 4 is 0 Å². The molecule has 0 atom stereocenters. The molecule has 0 heterocycles. The van der Waals surface area contributed by atoms with Crippen molar-refractivity contribution in [3.05, 3.63) is 47.5 Å². The van der Waals surface area contributed by atoms with E-state index >= 15 is 0 Å². The van der Waals surface area contributed by atoms with E-state index in [0.717, 1.165) is 36.5 Å². The van der Waals surface area contributed by atoms with Gasteiger partial charge in [0.25, 0.3) is 0 Å². The summed E-state index contributed by atoms with van der Waals surface area (Å²) in [5.41, 5.74) is 3.04. The van der Waals surface area contributed by atoms with Crippen molar-refractivity contribution < 1.29 is 0 Å². The van der Waals surface area contributed by atoms with Crippen LogP contribution in [0.1, 0.15) is 88.2 Å². The largest absolute Gasteiger partial charge is 0.193 e. The molecule has 0 bridgehead atoms. The maximum Gasteiger partial charge on any atom is 0.0908 e. The second-order valence-corrected chi connectivity index (χ2v) is 8.60. The highest BCUT2D eigenvalue weighted by Gasteiger charge is 2.31. The first kappa shape index (κ1) is 19.2. The molecule has 2 saturated carbocycles. The Morgan fingerprint density at radius 3 is 2.12 bits per heavy atom. The summed E-state index contributed by atoms with van der Waals surface area (Å²) in [6.45, 7) is 2.23. The zero-order valence-electron chi connectivity index (χ0n) is 16.5. The molecule has 26 heavy (non-hydrogen) atoms. The first-order valence-corrected chi connectivity index (χ1v) is 10.9. The fraction of sp³-hybridized carbons (Fsp3) is 0.640. The van der Waals surface area contributed by atoms with Crippen LogP contribution in [-0.4, -0.2) is 0 Å². The van der Waals surface area contributed by atoms with Gasteiger partial charge in [-0.05, 0) is 92.6 Å². The highest BCUT2D eigenvalue weighted by atomic mass is 14.4. The molecule has 2 aliphatic carbocycles. The molecule has 140 valence electrons. The third kappa shape index (κ3) is 5.23. The van der Waals surface area contributed by atoms with Crippen LogP contribution in [0.5, 0.6) is 0 Å². The van der Waals surface area contributed by atoms with E-state index < -0.39 is 0 Å². The quantitative estimate of drug-likeness (QED) is 0.499. The fourth-order valence-electron chi connectivity index (χ4n) is 5.37. The van der Waals surface area contributed by atoms with Crippen LogP contribution in [-0.2, 0) is 6.42 Å². The minimum atomic E-state index is 0.806. The maximum absolute atomic E-state index is 8.56. The maximum atomic E-state index is 8.56. The van der Waals surface area contributed by atoms with E-state index in [1.165, 1.54) is 63.4 Å². The van der Waals surface area contributed by atoms with Crippen LogP contribution in [0.25, 0.3) is 0 Å². The minimum absolute atomic E-state index is 0.806. The zero-order chi connectivity index (χ0) is 18.2. The summed E-state index contributed by atoms with van der Waals surface area (Å²) in [4.78, 5) is 0. The standard InChI is InChI=1S/C25H35N/c1-2-20-7-11-22(12-8-20)24-15-17-25(18-16-24)23-13-9-21(10-14-23)6-4-3-5-19-26/h3,5,7-8,11-12,21,23-25H,2,4,6,9-10,13-18H2,1H3/b5-3+/t21?,23?,24-,25-. The third-order valence-electron chi connectivity index (χ3n) is 7.12. The Labute approximate surface area is 160 Å². The summed E-state index contributed by atoms with van der Waals surface area (Å²) in [5, 5.41) is 8.56. The summed E-state index contributed by atoms with van der Waals surface area (Å²) >= 11 is 0. The van der Waals surface area contributed by atoms with E-state index in [4.69, 9.17) is 5.26 Å². The molecule has 0 aliphatic heterocycles. The lowest BCUT2D eigenvalue weighted by molar-refractivity contribution is 0.157. The van der Waals surface area contributed by atoms with E-state index in [1.807, 2.05) is 6.08 Å². The predicted octanol–water partition coefficient (Wildman–Crippen LogP) is 7.19. The Morgan fingerprint density at radius 1 is 0.923 bits per heavy atom. The van der Waals surface area contributed by atoms with Crippen molar-refractivity contribution in [3.63, 3.8) is 0 Å². The van der Waals surface area contributed by atoms with Crippen LogP contribution in [0.3, 0.4) is 0 Å². The van der Waals surface area contributed by atoms with Gasteiger partial charge in [-0.3, -0.25) is 0 Å². The lowest BCUT2D eigenvalue weighted by Gasteiger charge is -2.38. The molecule has 2 aliphatic rings. The van der Waals surface area contributed by atoms with Crippen LogP contribution in [0.2, 0.25) is 0 Å². The average Bonchev–Trinajstić information content (AvgIpc) is 2.72. The van der Waals surface area contributed by atoms with Gasteiger partial charge < -0.3 is 0 Å². The lowest BCUT2D eigenvalue weighted by Crippen LogP contribution is -2.25. The molecule has 0 unspecified atom stereocenters. The van der Waals surface area contributed by atoms with Gasteiger partial charge in [-0.25, -0.2) is 0 Å². The number of hydrogen-bond donors (Lipinski definition) is 0. The van der Waals surface area contributed by atoms with Gasteiger partial charge in [0.05, 0.1) is 6.07 Å². The van der Waals surface area contributed by atoms with Crippen molar-refractivity contribution in [2.24, 2.45) is 17.8 Å². The van der Waals surface area contributed by atoms with Crippen molar-refractivity contribution in [3.8, 4) is 6.07 Å². The molecule has 0 aromatic heterocycles. The minimum Gasteiger partial charge on any atom is -0.193 e. The average molecular weight is 350 g/mol. The second-order valence-electron chi connectivity index (χ2n) is 8.60. The summed E-state index contributed by atoms with van der Waals surface area (Å²) in [6, 6.07) is 11.5. The number of hydrogen-bond acceptors (Lipinski definition) is 1. The molecule has 2 fully saturated rings. The first-order valence-electron chi connectivity index (χ1n) is 10.9. The number of nitriles is 1. The van der Waals surface area contributed by atoms with E-state index in [1.54, 1.807) is 11.6 Å². The number of allylic oxidation sites excluding steroid dienone is 2. The third-order valence-corrected chi connectivity index (χ3v) is 7.12. The topological polar surface area (TPSA) is 23.8 Å². The first-order chi connectivity index (χ1) is 12.8. The van der Waals surface area contributed by atoms with Crippen LogP contribution < -0.4 is 0 Å². The van der Waals surface area contributed by atoms with Crippen LogP contribution in [0.4, 0.5) is 0 Å². The van der Waals surface area contributed by atoms with Gasteiger partial charge in [-0.2, -0.15) is 5.26 Å². The second kappa shape index (κ2) is 9.96. The highest BCUT2D eigenvalue weighted by molar-refractivity contribution is 5.25. The van der Waals surface area contributed by atoms with Gasteiger partial charge >= 0.3 is 0 Å². The van der Waals surface area contributed by atoms with Crippen molar-refractivity contribution in [1.82, 2.24) is 0 Å². The van der Waals surface area contributed by atoms with Crippen LogP contribution in [0.15, 0.2) is 36.4 Å². The molecular formula is C25H35N. The molecule has 1 heteroatoms. The predicted molar refractivity (Wildman–Crippen MR) is 110 cm³/mol. The SMILES string of the molecule is CCc1ccc([C@H]2CC[C@H](C3CCC(CC/C=C/C#N)CC3)CC2)cc1. The molecule has 0 amide bonds. The van der Waals surface area contributed by atoms with Crippen molar-refractivity contribution in [1.29, 1.82) is 5.26 Å². The summed E-state index contributed by atoms with van der Waals surface area (Å²) in [5.74, 6) is 3.69. The van der Waals surface area contributed by atoms with Gasteiger partial charge in [0.1, 0.15) is 0 Å². The lowest BCUT2D eigenvalue weighted by atomic mass is 9.68. The van der Waals surface area contributed by atoms with E-state index in [0.29, 0.717) is 0 Å².